The number of ether oxygens (including phenoxy) is 2. The van der Waals surface area contributed by atoms with Gasteiger partial charge in [0.25, 0.3) is 0 Å². The lowest BCUT2D eigenvalue weighted by Crippen LogP contribution is -2.23. The topological polar surface area (TPSA) is 18.5 Å². The van der Waals surface area contributed by atoms with Crippen LogP contribution in [0.2, 0.25) is 0 Å². The molecule has 1 aromatic rings. The molecule has 2 nitrogen and oxygen atoms in total. The van der Waals surface area contributed by atoms with Crippen LogP contribution in [0, 0.1) is 0 Å². The van der Waals surface area contributed by atoms with Crippen molar-refractivity contribution in [3.63, 3.8) is 0 Å². The summed E-state index contributed by atoms with van der Waals surface area (Å²) in [5.41, 5.74) is 3.73. The number of hydrogen-bond acceptors (Lipinski definition) is 2. The molecule has 1 aliphatic heterocycles. The van der Waals surface area contributed by atoms with E-state index in [0.29, 0.717) is 13.2 Å². The smallest absolute Gasteiger partial charge is 0.195 e. The fourth-order valence-electron chi connectivity index (χ4n) is 2.51. The van der Waals surface area contributed by atoms with E-state index in [1.165, 1.54) is 16.7 Å². The van der Waals surface area contributed by atoms with E-state index < -0.39 is 5.79 Å². The molecule has 0 atom stereocenters. The molecular weight excluding hydrogens is 188 g/mol. The van der Waals surface area contributed by atoms with Gasteiger partial charge in [0.05, 0.1) is 13.2 Å². The molecular formula is C13H14O2. The zero-order chi connectivity index (χ0) is 10.3. The first-order valence-corrected chi connectivity index (χ1v) is 5.38. The van der Waals surface area contributed by atoms with E-state index in [1.807, 2.05) is 6.08 Å². The summed E-state index contributed by atoms with van der Waals surface area (Å²) in [5, 5.41) is 0. The molecule has 1 fully saturated rings. The second-order valence-electron chi connectivity index (χ2n) is 4.07. The highest BCUT2D eigenvalue weighted by Gasteiger charge is 2.43. The molecule has 0 N–H and O–H groups in total. The molecule has 0 radical (unpaired) electrons. The van der Waals surface area contributed by atoms with Crippen LogP contribution in [0.1, 0.15) is 23.1 Å². The van der Waals surface area contributed by atoms with Gasteiger partial charge >= 0.3 is 0 Å². The molecule has 1 aromatic carbocycles. The summed E-state index contributed by atoms with van der Waals surface area (Å²) < 4.78 is 11.5. The monoisotopic (exact) mass is 202 g/mol. The van der Waals surface area contributed by atoms with Crippen LogP contribution in [0.3, 0.4) is 0 Å². The van der Waals surface area contributed by atoms with Crippen LogP contribution in [0.4, 0.5) is 0 Å². The van der Waals surface area contributed by atoms with Crippen molar-refractivity contribution in [2.75, 3.05) is 13.2 Å². The van der Waals surface area contributed by atoms with Gasteiger partial charge in [-0.1, -0.05) is 30.9 Å². The third kappa shape index (κ3) is 1.25. The lowest BCUT2D eigenvalue weighted by Gasteiger charge is -2.22. The minimum Gasteiger partial charge on any atom is -0.343 e. The Kier molecular flexibility index (Phi) is 1.94. The average molecular weight is 202 g/mol. The first kappa shape index (κ1) is 9.13. The fourth-order valence-corrected chi connectivity index (χ4v) is 2.51. The van der Waals surface area contributed by atoms with Crippen LogP contribution in [0.5, 0.6) is 0 Å². The predicted octanol–water partition coefficient (Wildman–Crippen LogP) is 2.48. The molecule has 1 heterocycles. The molecule has 2 heteroatoms. The standard InChI is InChI=1S/C13H14O2/c1-2-10-3-4-12-11(9-10)5-6-13(12)14-7-8-15-13/h2-4,9H,1,5-8H2. The Labute approximate surface area is 89.5 Å². The highest BCUT2D eigenvalue weighted by atomic mass is 16.7. The molecule has 1 saturated heterocycles. The third-order valence-electron chi connectivity index (χ3n) is 3.25. The zero-order valence-corrected chi connectivity index (χ0v) is 8.66. The summed E-state index contributed by atoms with van der Waals surface area (Å²) in [6, 6.07) is 6.37. The largest absolute Gasteiger partial charge is 0.343 e. The first-order valence-electron chi connectivity index (χ1n) is 5.38. The lowest BCUT2D eigenvalue weighted by atomic mass is 10.0. The van der Waals surface area contributed by atoms with Gasteiger partial charge in [0.1, 0.15) is 0 Å². The van der Waals surface area contributed by atoms with Crippen molar-refractivity contribution in [1.29, 1.82) is 0 Å². The van der Waals surface area contributed by atoms with Gasteiger partial charge in [-0.25, -0.2) is 0 Å². The second kappa shape index (κ2) is 3.19. The summed E-state index contributed by atoms with van der Waals surface area (Å²) >= 11 is 0. The molecule has 0 amide bonds. The maximum absolute atomic E-state index is 5.75. The summed E-state index contributed by atoms with van der Waals surface area (Å²) in [6.45, 7) is 5.20. The molecule has 0 bridgehead atoms. The molecule has 0 saturated carbocycles. The Balaban J connectivity index is 2.07. The van der Waals surface area contributed by atoms with Crippen molar-refractivity contribution in [1.82, 2.24) is 0 Å². The Morgan fingerprint density at radius 3 is 2.80 bits per heavy atom. The number of benzene rings is 1. The van der Waals surface area contributed by atoms with Gasteiger partial charge in [0.2, 0.25) is 0 Å². The minimum atomic E-state index is -0.422. The molecule has 0 unspecified atom stereocenters. The number of fused-ring (bicyclic) bond motifs is 2. The van der Waals surface area contributed by atoms with E-state index in [2.05, 4.69) is 24.8 Å². The maximum Gasteiger partial charge on any atom is 0.195 e. The van der Waals surface area contributed by atoms with E-state index in [-0.39, 0.29) is 0 Å². The van der Waals surface area contributed by atoms with Gasteiger partial charge in [-0.05, 0) is 17.5 Å². The van der Waals surface area contributed by atoms with Crippen molar-refractivity contribution in [2.45, 2.75) is 18.6 Å². The Hall–Kier alpha value is -1.12. The predicted molar refractivity (Wildman–Crippen MR) is 58.4 cm³/mol. The second-order valence-corrected chi connectivity index (χ2v) is 4.07. The normalized spacial score (nSPS) is 21.9. The van der Waals surface area contributed by atoms with Crippen LogP contribution in [-0.4, -0.2) is 13.2 Å². The van der Waals surface area contributed by atoms with Crippen LogP contribution >= 0.6 is 0 Å². The minimum absolute atomic E-state index is 0.422. The van der Waals surface area contributed by atoms with Crippen LogP contribution in [0.25, 0.3) is 6.08 Å². The fraction of sp³-hybridized carbons (Fsp3) is 0.385. The molecule has 1 spiro atoms. The quantitative estimate of drug-likeness (QED) is 0.696. The first-order chi connectivity index (χ1) is 7.34. The Morgan fingerprint density at radius 1 is 1.27 bits per heavy atom. The van der Waals surface area contributed by atoms with E-state index in [0.717, 1.165) is 12.8 Å². The van der Waals surface area contributed by atoms with Gasteiger partial charge in [0.15, 0.2) is 5.79 Å². The van der Waals surface area contributed by atoms with Gasteiger partial charge in [0, 0.05) is 12.0 Å². The maximum atomic E-state index is 5.75. The SMILES string of the molecule is C=Cc1ccc2c(c1)CCC21OCCO1. The van der Waals surface area contributed by atoms with Gasteiger partial charge in [-0.2, -0.15) is 0 Å². The van der Waals surface area contributed by atoms with E-state index in [4.69, 9.17) is 9.47 Å². The summed E-state index contributed by atoms with van der Waals surface area (Å²) in [7, 11) is 0. The Bertz CT molecular complexity index is 403. The lowest BCUT2D eigenvalue weighted by molar-refractivity contribution is -0.163. The zero-order valence-electron chi connectivity index (χ0n) is 8.66. The van der Waals surface area contributed by atoms with Crippen molar-refractivity contribution < 1.29 is 9.47 Å². The van der Waals surface area contributed by atoms with Crippen molar-refractivity contribution in [3.05, 3.63) is 41.5 Å². The van der Waals surface area contributed by atoms with Crippen molar-refractivity contribution >= 4 is 6.08 Å². The molecule has 3 rings (SSSR count). The molecule has 0 aromatic heterocycles. The molecule has 15 heavy (non-hydrogen) atoms. The van der Waals surface area contributed by atoms with E-state index in [1.54, 1.807) is 0 Å². The Morgan fingerprint density at radius 2 is 2.07 bits per heavy atom. The molecule has 78 valence electrons. The highest BCUT2D eigenvalue weighted by molar-refractivity contribution is 5.52. The van der Waals surface area contributed by atoms with Gasteiger partial charge < -0.3 is 9.47 Å². The van der Waals surface area contributed by atoms with E-state index >= 15 is 0 Å². The third-order valence-corrected chi connectivity index (χ3v) is 3.25. The molecule has 1 aliphatic carbocycles. The number of hydrogen-bond donors (Lipinski definition) is 0. The van der Waals surface area contributed by atoms with Gasteiger partial charge in [-0.15, -0.1) is 0 Å². The van der Waals surface area contributed by atoms with Crippen molar-refractivity contribution in [2.24, 2.45) is 0 Å². The van der Waals surface area contributed by atoms with Crippen LogP contribution < -0.4 is 0 Å². The van der Waals surface area contributed by atoms with E-state index in [9.17, 15) is 0 Å². The van der Waals surface area contributed by atoms with Crippen LogP contribution in [0.15, 0.2) is 24.8 Å². The van der Waals surface area contributed by atoms with Crippen LogP contribution in [-0.2, 0) is 21.7 Å². The number of aryl methyl sites for hydroxylation is 1. The number of rotatable bonds is 1. The summed E-state index contributed by atoms with van der Waals surface area (Å²) in [5.74, 6) is -0.422. The summed E-state index contributed by atoms with van der Waals surface area (Å²) in [4.78, 5) is 0. The average Bonchev–Trinajstić information content (AvgIpc) is 2.88. The molecule has 2 aliphatic rings. The van der Waals surface area contributed by atoms with Gasteiger partial charge in [-0.3, -0.25) is 0 Å². The highest BCUT2D eigenvalue weighted by Crippen LogP contribution is 2.43. The summed E-state index contributed by atoms with van der Waals surface area (Å²) in [6.07, 6.45) is 3.86. The van der Waals surface area contributed by atoms with Crippen molar-refractivity contribution in [3.8, 4) is 0 Å².